The predicted molar refractivity (Wildman–Crippen MR) is 198 cm³/mol. The molecule has 0 saturated carbocycles. The number of carbonyl (C=O) groups is 5. The maximum Gasteiger partial charge on any atom is 0.243 e. The lowest BCUT2D eigenvalue weighted by molar-refractivity contribution is -0.135. The van der Waals surface area contributed by atoms with E-state index in [2.05, 4.69) is 21.3 Å². The highest BCUT2D eigenvalue weighted by Crippen LogP contribution is 2.29. The Morgan fingerprint density at radius 1 is 0.731 bits per heavy atom. The Kier molecular flexibility index (Phi) is 12.3. The minimum Gasteiger partial charge on any atom is -0.379 e. The Labute approximate surface area is 316 Å². The molecule has 5 atom stereocenters. The monoisotopic (exact) mass is 725 g/mol. The number of hydrogen-bond acceptors (Lipinski definition) is 8. The molecule has 0 unspecified atom stereocenters. The molecule has 2 aliphatic rings. The molecule has 2 aromatic carbocycles. The number of amides is 4. The first kappa shape index (κ1) is 32.5. The smallest absolute Gasteiger partial charge is 0.243 e. The van der Waals surface area contributed by atoms with Gasteiger partial charge in [0.25, 0.3) is 0 Å². The van der Waals surface area contributed by atoms with Crippen molar-refractivity contribution in [1.29, 1.82) is 0 Å². The summed E-state index contributed by atoms with van der Waals surface area (Å²) in [6.45, 7) is 0.741. The third kappa shape index (κ3) is 13.1. The van der Waals surface area contributed by atoms with Crippen LogP contribution in [0.3, 0.4) is 0 Å². The van der Waals surface area contributed by atoms with Gasteiger partial charge in [0.05, 0.1) is 40.5 Å². The molecule has 2 aliphatic heterocycles. The minimum absolute atomic E-state index is 0.0328. The van der Waals surface area contributed by atoms with Gasteiger partial charge in [-0.1, -0.05) is 88.4 Å². The third-order valence-electron chi connectivity index (χ3n) is 8.78. The minimum atomic E-state index is -2.34. The Morgan fingerprint density at radius 3 is 1.81 bits per heavy atom. The molecule has 2 heterocycles. The average molecular weight is 726 g/mol. The van der Waals surface area contributed by atoms with Crippen molar-refractivity contribution in [3.8, 4) is 0 Å². The zero-order valence-corrected chi connectivity index (χ0v) is 30.7. The first-order valence-electron chi connectivity index (χ1n) is 20.9. The molecule has 0 bridgehead atoms. The van der Waals surface area contributed by atoms with Crippen LogP contribution in [0.25, 0.3) is 0 Å². The van der Waals surface area contributed by atoms with Gasteiger partial charge in [0.15, 0.2) is 5.78 Å². The van der Waals surface area contributed by atoms with Crippen LogP contribution in [0.15, 0.2) is 60.7 Å². The first-order chi connectivity index (χ1) is 27.0. The number of ketones is 1. The van der Waals surface area contributed by atoms with Gasteiger partial charge in [0.2, 0.25) is 23.6 Å². The second-order valence-electron chi connectivity index (χ2n) is 14.4. The van der Waals surface area contributed by atoms with Crippen molar-refractivity contribution < 1.29 is 41.7 Å². The summed E-state index contributed by atoms with van der Waals surface area (Å²) in [5.41, 5.74) is -0.137. The van der Waals surface area contributed by atoms with Gasteiger partial charge in [-0.3, -0.25) is 28.9 Å². The van der Waals surface area contributed by atoms with E-state index in [4.69, 9.17) is 17.7 Å². The maximum atomic E-state index is 14.2. The van der Waals surface area contributed by atoms with Gasteiger partial charge < -0.3 is 30.7 Å². The number of Topliss-reactive ketones (excluding diaryl/α,β-unsaturated/α-hetero) is 1. The van der Waals surface area contributed by atoms with Crippen LogP contribution in [0.2, 0.25) is 0 Å². The maximum absolute atomic E-state index is 14.2. The lowest BCUT2D eigenvalue weighted by Crippen LogP contribution is -2.59. The number of ether oxygens (including phenoxy) is 2. The fourth-order valence-corrected chi connectivity index (χ4v) is 5.92. The molecule has 0 spiro atoms. The summed E-state index contributed by atoms with van der Waals surface area (Å²) in [6, 6.07) is 13.6. The Bertz CT molecular complexity index is 1740. The van der Waals surface area contributed by atoms with Crippen molar-refractivity contribution in [1.82, 2.24) is 26.2 Å². The quantitative estimate of drug-likeness (QED) is 0.152. The zero-order chi connectivity index (χ0) is 43.1. The lowest BCUT2D eigenvalue weighted by atomic mass is 9.93. The van der Waals surface area contributed by atoms with E-state index >= 15 is 0 Å². The van der Waals surface area contributed by atoms with E-state index in [-0.39, 0.29) is 50.6 Å². The Hall–Kier alpha value is -4.13. The SMILES string of the molecule is [2H]C1([2H])CN(CC(=O)N[C@@H](CCc2ccccc2)C(=O)N[C@@H](CC(C)C)C(=O)N[C@@H](Cc2ccccc2)C(=O)N[C@@H](CC(C)C)C(=O)[C@]2(C)OC2([2H])[2H])CC([2H])([2H])O1. The number of carbonyl (C=O) groups excluding carboxylic acids is 5. The zero-order valence-electron chi connectivity index (χ0n) is 36.7. The molecule has 0 aromatic heterocycles. The number of aryl methyl sites for hydroxylation is 1. The second-order valence-corrected chi connectivity index (χ2v) is 14.4. The fourth-order valence-electron chi connectivity index (χ4n) is 5.92. The van der Waals surface area contributed by atoms with E-state index in [0.29, 0.717) is 12.0 Å². The van der Waals surface area contributed by atoms with Gasteiger partial charge in [-0.2, -0.15) is 0 Å². The number of benzene rings is 2. The normalized spacial score (nSPS) is 24.2. The number of hydrogen-bond donors (Lipinski definition) is 4. The van der Waals surface area contributed by atoms with Gasteiger partial charge in [-0.15, -0.1) is 0 Å². The third-order valence-corrected chi connectivity index (χ3v) is 8.78. The molecular formula is C40H57N5O7. The van der Waals surface area contributed by atoms with Crippen LogP contribution in [-0.2, 0) is 46.3 Å². The molecular weight excluding hydrogens is 662 g/mol. The standard InChI is InChI=1S/C40H57N5O7/c1-27(2)22-32(36(47)40(5)26-52-40)42-39(50)34(24-30-14-10-7-11-15-30)44-38(49)33(23-28(3)4)43-37(48)31(17-16-29-12-8-6-9-13-29)41-35(46)25-45-18-20-51-21-19-45/h6-15,27-28,31-34H,16-26H2,1-5H3,(H,41,46)(H,42,50)(H,43,48)(H,44,49)/t31-,32-,33-,34-,40+/m0/s1/i20D2,21D2,26D2. The van der Waals surface area contributed by atoms with Crippen LogP contribution in [0.5, 0.6) is 0 Å². The summed E-state index contributed by atoms with van der Waals surface area (Å²) in [7, 11) is 0. The molecule has 0 radical (unpaired) electrons. The molecule has 2 fully saturated rings. The summed E-state index contributed by atoms with van der Waals surface area (Å²) in [5.74, 6) is -3.48. The van der Waals surface area contributed by atoms with Crippen LogP contribution in [0, 0.1) is 11.8 Å². The van der Waals surface area contributed by atoms with Gasteiger partial charge in [0, 0.05) is 19.5 Å². The number of nitrogens with one attached hydrogen (secondary N) is 4. The van der Waals surface area contributed by atoms with Crippen molar-refractivity contribution in [3.63, 3.8) is 0 Å². The molecule has 4 amide bonds. The number of epoxide rings is 1. The summed E-state index contributed by atoms with van der Waals surface area (Å²) in [4.78, 5) is 70.4. The van der Waals surface area contributed by atoms with Gasteiger partial charge >= 0.3 is 0 Å². The van der Waals surface area contributed by atoms with Crippen molar-refractivity contribution >= 4 is 29.4 Å². The molecule has 52 heavy (non-hydrogen) atoms. The van der Waals surface area contributed by atoms with Crippen LogP contribution in [0.1, 0.15) is 73.2 Å². The highest BCUT2D eigenvalue weighted by molar-refractivity contribution is 5.98. The van der Waals surface area contributed by atoms with E-state index < -0.39 is 85.4 Å². The van der Waals surface area contributed by atoms with E-state index in [0.717, 1.165) is 5.56 Å². The Morgan fingerprint density at radius 2 is 1.23 bits per heavy atom. The van der Waals surface area contributed by atoms with Gasteiger partial charge in [0.1, 0.15) is 23.7 Å². The van der Waals surface area contributed by atoms with Crippen molar-refractivity contribution in [3.05, 3.63) is 71.8 Å². The van der Waals surface area contributed by atoms with Gasteiger partial charge in [-0.05, 0) is 55.6 Å². The molecule has 2 saturated heterocycles. The van der Waals surface area contributed by atoms with Crippen LogP contribution >= 0.6 is 0 Å². The molecule has 4 N–H and O–H groups in total. The first-order valence-corrected chi connectivity index (χ1v) is 17.9. The highest BCUT2D eigenvalue weighted by atomic mass is 16.6. The molecule has 12 heteroatoms. The van der Waals surface area contributed by atoms with E-state index in [1.807, 2.05) is 58.0 Å². The van der Waals surface area contributed by atoms with Crippen LogP contribution in [-0.4, -0.2) is 103 Å². The summed E-state index contributed by atoms with van der Waals surface area (Å²) >= 11 is 0. The molecule has 4 rings (SSSR count). The molecule has 284 valence electrons. The molecule has 0 aliphatic carbocycles. The number of nitrogens with zero attached hydrogens (tertiary/aromatic N) is 1. The van der Waals surface area contributed by atoms with Crippen molar-refractivity contribution in [2.24, 2.45) is 11.8 Å². The fraction of sp³-hybridized carbons (Fsp3) is 0.575. The van der Waals surface area contributed by atoms with E-state index in [1.165, 1.54) is 11.8 Å². The second kappa shape index (κ2) is 19.6. The largest absolute Gasteiger partial charge is 0.379 e. The topological polar surface area (TPSA) is 158 Å². The van der Waals surface area contributed by atoms with Gasteiger partial charge in [-0.25, -0.2) is 0 Å². The summed E-state index contributed by atoms with van der Waals surface area (Å²) in [5, 5.41) is 11.0. The summed E-state index contributed by atoms with van der Waals surface area (Å²) in [6.07, 6.45) is 0.899. The predicted octanol–water partition coefficient (Wildman–Crippen LogP) is 2.58. The number of rotatable bonds is 20. The van der Waals surface area contributed by atoms with Crippen LogP contribution < -0.4 is 21.3 Å². The van der Waals surface area contributed by atoms with Crippen LogP contribution in [0.4, 0.5) is 0 Å². The highest BCUT2D eigenvalue weighted by Gasteiger charge is 2.50. The van der Waals surface area contributed by atoms with E-state index in [1.54, 1.807) is 30.3 Å². The lowest BCUT2D eigenvalue weighted by Gasteiger charge is -2.29. The molecule has 12 nitrogen and oxygen atoms in total. The molecule has 2 aromatic rings. The number of morpholine rings is 1. The average Bonchev–Trinajstić information content (AvgIpc) is 3.64. The van der Waals surface area contributed by atoms with E-state index in [9.17, 15) is 24.0 Å². The summed E-state index contributed by atoms with van der Waals surface area (Å²) < 4.78 is 57.6. The van der Waals surface area contributed by atoms with Crippen molar-refractivity contribution in [2.75, 3.05) is 39.3 Å². The Balaban J connectivity index is 1.54. The van der Waals surface area contributed by atoms with Crippen molar-refractivity contribution in [2.45, 2.75) is 96.5 Å².